The van der Waals surface area contributed by atoms with E-state index in [4.69, 9.17) is 10.8 Å². The molecule has 0 saturated carbocycles. The van der Waals surface area contributed by atoms with Crippen LogP contribution in [0.4, 0.5) is 0 Å². The summed E-state index contributed by atoms with van der Waals surface area (Å²) in [6.07, 6.45) is 1.83. The quantitative estimate of drug-likeness (QED) is 0.633. The minimum absolute atomic E-state index is 0.0655. The Kier molecular flexibility index (Phi) is 3.27. The minimum Gasteiger partial charge on any atom is -0.481 e. The van der Waals surface area contributed by atoms with Crippen LogP contribution in [0.1, 0.15) is 12.1 Å². The third kappa shape index (κ3) is 3.57. The monoisotopic (exact) mass is 182 g/mol. The van der Waals surface area contributed by atoms with Crippen LogP contribution < -0.4 is 5.73 Å². The highest BCUT2D eigenvalue weighted by atomic mass is 16.4. The van der Waals surface area contributed by atoms with Crippen molar-refractivity contribution in [2.45, 2.75) is 18.9 Å². The molecule has 1 rings (SSSR count). The smallest absolute Gasteiger partial charge is 0.304 e. The van der Waals surface area contributed by atoms with Crippen molar-refractivity contribution in [2.75, 3.05) is 0 Å². The highest BCUT2D eigenvalue weighted by Gasteiger charge is 2.09. The van der Waals surface area contributed by atoms with Crippen molar-refractivity contribution in [3.8, 4) is 0 Å². The standard InChI is InChI=1S/C7H10N4O2/c8-5(4-7(12)13)3-6-1-2-9-11-10-6/h1-2,5H,3-4,8H2,(H,12,13). The number of carbonyl (C=O) groups is 1. The molecule has 0 saturated heterocycles. The Balaban J connectivity index is 2.45. The predicted octanol–water partition coefficient (Wildman–Crippen LogP) is -0.784. The summed E-state index contributed by atoms with van der Waals surface area (Å²) < 4.78 is 0. The van der Waals surface area contributed by atoms with E-state index in [-0.39, 0.29) is 6.42 Å². The molecule has 6 heteroatoms. The molecule has 0 bridgehead atoms. The van der Waals surface area contributed by atoms with Crippen LogP contribution in [0.5, 0.6) is 0 Å². The van der Waals surface area contributed by atoms with Gasteiger partial charge in [0.05, 0.1) is 18.3 Å². The number of hydrogen-bond acceptors (Lipinski definition) is 5. The van der Waals surface area contributed by atoms with Crippen LogP contribution in [0.25, 0.3) is 0 Å². The Morgan fingerprint density at radius 1 is 1.69 bits per heavy atom. The number of carboxylic acid groups (broad SMARTS) is 1. The van der Waals surface area contributed by atoms with Crippen molar-refractivity contribution in [1.29, 1.82) is 0 Å². The Morgan fingerprint density at radius 2 is 2.46 bits per heavy atom. The molecule has 0 fully saturated rings. The summed E-state index contributed by atoms with van der Waals surface area (Å²) >= 11 is 0. The molecule has 0 radical (unpaired) electrons. The Morgan fingerprint density at radius 3 is 3.00 bits per heavy atom. The largest absolute Gasteiger partial charge is 0.481 e. The second-order valence-electron chi connectivity index (χ2n) is 2.67. The fourth-order valence-corrected chi connectivity index (χ4v) is 0.940. The second kappa shape index (κ2) is 4.46. The van der Waals surface area contributed by atoms with Crippen molar-refractivity contribution in [3.05, 3.63) is 18.0 Å². The van der Waals surface area contributed by atoms with E-state index in [0.717, 1.165) is 0 Å². The maximum Gasteiger partial charge on any atom is 0.304 e. The van der Waals surface area contributed by atoms with Gasteiger partial charge >= 0.3 is 5.97 Å². The lowest BCUT2D eigenvalue weighted by Crippen LogP contribution is -2.26. The summed E-state index contributed by atoms with van der Waals surface area (Å²) in [6, 6.07) is 1.24. The lowest BCUT2D eigenvalue weighted by atomic mass is 10.1. The summed E-state index contributed by atoms with van der Waals surface area (Å²) in [5.74, 6) is -0.908. The zero-order valence-corrected chi connectivity index (χ0v) is 6.92. The lowest BCUT2D eigenvalue weighted by molar-refractivity contribution is -0.137. The van der Waals surface area contributed by atoms with Crippen LogP contribution in [0.2, 0.25) is 0 Å². The van der Waals surface area contributed by atoms with E-state index >= 15 is 0 Å². The summed E-state index contributed by atoms with van der Waals surface area (Å²) in [7, 11) is 0. The number of nitrogens with zero attached hydrogens (tertiary/aromatic N) is 3. The van der Waals surface area contributed by atoms with E-state index in [2.05, 4.69) is 15.4 Å². The minimum atomic E-state index is -0.908. The van der Waals surface area contributed by atoms with E-state index in [1.54, 1.807) is 6.07 Å². The van der Waals surface area contributed by atoms with Gasteiger partial charge in [-0.25, -0.2) is 0 Å². The van der Waals surface area contributed by atoms with Gasteiger partial charge in [-0.15, -0.1) is 10.2 Å². The third-order valence-electron chi connectivity index (χ3n) is 1.47. The molecule has 3 N–H and O–H groups in total. The van der Waals surface area contributed by atoms with Crippen molar-refractivity contribution in [1.82, 2.24) is 15.4 Å². The number of hydrogen-bond donors (Lipinski definition) is 2. The van der Waals surface area contributed by atoms with Crippen LogP contribution in [-0.4, -0.2) is 32.5 Å². The SMILES string of the molecule is NC(CC(=O)O)Cc1ccnnn1. The topological polar surface area (TPSA) is 102 Å². The van der Waals surface area contributed by atoms with Gasteiger partial charge in [0.2, 0.25) is 0 Å². The van der Waals surface area contributed by atoms with Crippen molar-refractivity contribution in [2.24, 2.45) is 5.73 Å². The summed E-state index contributed by atoms with van der Waals surface area (Å²) in [5, 5.41) is 19.0. The molecule has 0 aliphatic rings. The molecule has 6 nitrogen and oxygen atoms in total. The average Bonchev–Trinajstić information content (AvgIpc) is 2.04. The van der Waals surface area contributed by atoms with E-state index in [1.165, 1.54) is 6.20 Å². The highest BCUT2D eigenvalue weighted by molar-refractivity contribution is 5.67. The van der Waals surface area contributed by atoms with Crippen LogP contribution in [0.3, 0.4) is 0 Å². The molecular weight excluding hydrogens is 172 g/mol. The van der Waals surface area contributed by atoms with E-state index in [1.807, 2.05) is 0 Å². The van der Waals surface area contributed by atoms with Gasteiger partial charge in [-0.1, -0.05) is 0 Å². The van der Waals surface area contributed by atoms with Crippen LogP contribution in [-0.2, 0) is 11.2 Å². The fraction of sp³-hybridized carbons (Fsp3) is 0.429. The Bertz CT molecular complexity index is 277. The van der Waals surface area contributed by atoms with Gasteiger partial charge in [0, 0.05) is 12.5 Å². The first-order chi connectivity index (χ1) is 6.18. The summed E-state index contributed by atoms with van der Waals surface area (Å²) in [6.45, 7) is 0. The number of nitrogens with two attached hydrogens (primary N) is 1. The van der Waals surface area contributed by atoms with Crippen molar-refractivity contribution >= 4 is 5.97 Å². The third-order valence-corrected chi connectivity index (χ3v) is 1.47. The molecule has 1 atom stereocenters. The van der Waals surface area contributed by atoms with Crippen molar-refractivity contribution < 1.29 is 9.90 Å². The number of aromatic nitrogens is 3. The first kappa shape index (κ1) is 9.53. The zero-order chi connectivity index (χ0) is 9.68. The molecule has 1 aromatic rings. The molecule has 13 heavy (non-hydrogen) atoms. The van der Waals surface area contributed by atoms with E-state index in [9.17, 15) is 4.79 Å². The van der Waals surface area contributed by atoms with Crippen molar-refractivity contribution in [3.63, 3.8) is 0 Å². The Labute approximate surface area is 74.8 Å². The molecule has 1 unspecified atom stereocenters. The van der Waals surface area contributed by atoms with Gasteiger partial charge in [-0.05, 0) is 11.3 Å². The highest BCUT2D eigenvalue weighted by Crippen LogP contribution is 1.98. The first-order valence-electron chi connectivity index (χ1n) is 3.79. The lowest BCUT2D eigenvalue weighted by Gasteiger charge is -2.06. The normalized spacial score (nSPS) is 12.4. The summed E-state index contributed by atoms with van der Waals surface area (Å²) in [5.41, 5.74) is 6.19. The van der Waals surface area contributed by atoms with Crippen LogP contribution in [0, 0.1) is 0 Å². The van der Waals surface area contributed by atoms with Gasteiger partial charge in [0.25, 0.3) is 0 Å². The van der Waals surface area contributed by atoms with E-state index in [0.29, 0.717) is 12.1 Å². The fourth-order valence-electron chi connectivity index (χ4n) is 0.940. The number of rotatable bonds is 4. The van der Waals surface area contributed by atoms with Gasteiger partial charge in [-0.2, -0.15) is 0 Å². The predicted molar refractivity (Wildman–Crippen MR) is 43.8 cm³/mol. The molecule has 1 aromatic heterocycles. The molecule has 0 aliphatic carbocycles. The molecule has 70 valence electrons. The second-order valence-corrected chi connectivity index (χ2v) is 2.67. The number of carboxylic acids is 1. The molecule has 0 aromatic carbocycles. The number of aliphatic carboxylic acids is 1. The average molecular weight is 182 g/mol. The molecule has 0 aliphatic heterocycles. The van der Waals surface area contributed by atoms with Crippen LogP contribution >= 0.6 is 0 Å². The zero-order valence-electron chi connectivity index (χ0n) is 6.92. The van der Waals surface area contributed by atoms with Gasteiger partial charge in [0.15, 0.2) is 0 Å². The molecular formula is C7H10N4O2. The van der Waals surface area contributed by atoms with Gasteiger partial charge in [-0.3, -0.25) is 4.79 Å². The van der Waals surface area contributed by atoms with Gasteiger partial charge < -0.3 is 10.8 Å². The molecule has 0 amide bonds. The van der Waals surface area contributed by atoms with E-state index < -0.39 is 12.0 Å². The molecule has 0 spiro atoms. The molecule has 1 heterocycles. The van der Waals surface area contributed by atoms with Gasteiger partial charge in [0.1, 0.15) is 0 Å². The maximum atomic E-state index is 10.3. The Hall–Kier alpha value is -1.56. The van der Waals surface area contributed by atoms with Crippen LogP contribution in [0.15, 0.2) is 12.3 Å². The first-order valence-corrected chi connectivity index (χ1v) is 3.79. The summed E-state index contributed by atoms with van der Waals surface area (Å²) in [4.78, 5) is 10.3. The maximum absolute atomic E-state index is 10.3.